The van der Waals surface area contributed by atoms with Crippen molar-refractivity contribution in [3.8, 4) is 11.5 Å². The number of carbonyl (C=O) groups is 2. The Morgan fingerprint density at radius 1 is 0.983 bits per heavy atom. The lowest BCUT2D eigenvalue weighted by molar-refractivity contribution is -0.255. The number of unbranched alkanes of at least 4 members (excludes halogenated alkanes) is 2. The summed E-state index contributed by atoms with van der Waals surface area (Å²) in [6.45, 7) is 7.07. The number of aliphatic hydroxyl groups is 2. The monoisotopic (exact) mass is 809 g/mol. The minimum atomic E-state index is -1.42. The van der Waals surface area contributed by atoms with Crippen LogP contribution in [0.1, 0.15) is 80.9 Å². The van der Waals surface area contributed by atoms with E-state index in [4.69, 9.17) is 23.8 Å². The molecule has 2 amide bonds. The van der Waals surface area contributed by atoms with E-state index < -0.39 is 29.9 Å². The largest absolute Gasteiger partial charge is 0.459 e. The molecule has 0 spiro atoms. The van der Waals surface area contributed by atoms with Crippen molar-refractivity contribution in [2.24, 2.45) is 22.9 Å². The number of aliphatic hydroxyl groups excluding tert-OH is 2. The molecule has 6 rings (SSSR count). The summed E-state index contributed by atoms with van der Waals surface area (Å²) in [6.07, 6.45) is 8.24. The van der Waals surface area contributed by atoms with Crippen molar-refractivity contribution in [3.63, 3.8) is 0 Å². The summed E-state index contributed by atoms with van der Waals surface area (Å²) in [6, 6.07) is 23.9. The second-order valence-corrected chi connectivity index (χ2v) is 15.4. The number of amides is 2. The van der Waals surface area contributed by atoms with Gasteiger partial charge in [0, 0.05) is 44.2 Å². The molecule has 1 fully saturated rings. The van der Waals surface area contributed by atoms with Crippen molar-refractivity contribution in [1.82, 2.24) is 10.2 Å². The van der Waals surface area contributed by atoms with E-state index >= 15 is 0 Å². The van der Waals surface area contributed by atoms with E-state index in [1.165, 1.54) is 7.11 Å². The number of nitrogens with one attached hydrogen (secondary N) is 1. The van der Waals surface area contributed by atoms with Crippen LogP contribution in [0.15, 0.2) is 108 Å². The third kappa shape index (κ3) is 10.2. The molecular weight excluding hydrogens is 751 g/mol. The van der Waals surface area contributed by atoms with Gasteiger partial charge in [-0.15, -0.1) is 6.58 Å². The van der Waals surface area contributed by atoms with E-state index in [0.29, 0.717) is 49.6 Å². The molecule has 12 heteroatoms. The minimum absolute atomic E-state index is 0.0118. The maximum absolute atomic E-state index is 14.4. The van der Waals surface area contributed by atoms with E-state index in [1.54, 1.807) is 17.0 Å². The molecule has 6 atom stereocenters. The van der Waals surface area contributed by atoms with Gasteiger partial charge in [-0.2, -0.15) is 0 Å². The Morgan fingerprint density at radius 2 is 1.69 bits per heavy atom. The fraction of sp³-hybridized carbons (Fsp3) is 0.468. The van der Waals surface area contributed by atoms with Crippen LogP contribution in [0.25, 0.3) is 0 Å². The van der Waals surface area contributed by atoms with Gasteiger partial charge in [-0.3, -0.25) is 4.90 Å². The zero-order chi connectivity index (χ0) is 41.6. The molecule has 1 heterocycles. The average Bonchev–Trinajstić information content (AvgIpc) is 3.26. The van der Waals surface area contributed by atoms with Gasteiger partial charge in [-0.1, -0.05) is 97.7 Å². The highest BCUT2D eigenvalue weighted by atomic mass is 16.7. The fourth-order valence-electron chi connectivity index (χ4n) is 9.15. The van der Waals surface area contributed by atoms with Gasteiger partial charge >= 0.3 is 12.2 Å². The number of rotatable bonds is 20. The topological polar surface area (TPSA) is 148 Å². The third-order valence-electron chi connectivity index (χ3n) is 11.6. The molecule has 0 saturated heterocycles. The molecule has 59 heavy (non-hydrogen) atoms. The van der Waals surface area contributed by atoms with Crippen LogP contribution >= 0.6 is 0 Å². The van der Waals surface area contributed by atoms with Gasteiger partial charge in [0.1, 0.15) is 31.3 Å². The van der Waals surface area contributed by atoms with Crippen molar-refractivity contribution in [3.05, 3.63) is 120 Å². The van der Waals surface area contributed by atoms with Gasteiger partial charge in [-0.25, -0.2) is 9.59 Å². The van der Waals surface area contributed by atoms with Crippen LogP contribution in [-0.4, -0.2) is 78.3 Å². The first-order chi connectivity index (χ1) is 28.9. The van der Waals surface area contributed by atoms with E-state index in [-0.39, 0.29) is 50.6 Å². The molecule has 316 valence electrons. The zero-order valence-electron chi connectivity index (χ0n) is 34.3. The molecular formula is C47H59N3O9. The Hall–Kier alpha value is -5.17. The molecule has 2 aliphatic carbocycles. The van der Waals surface area contributed by atoms with Crippen molar-refractivity contribution in [2.75, 3.05) is 33.5 Å². The number of ether oxygens (including phenoxy) is 4. The molecule has 0 unspecified atom stereocenters. The highest BCUT2D eigenvalue weighted by Crippen LogP contribution is 2.62. The normalized spacial score (nSPS) is 23.5. The molecule has 3 aromatic rings. The Kier molecular flexibility index (Phi) is 15.6. The Labute approximate surface area is 347 Å². The number of hydrogen-bond donors (Lipinski definition) is 3. The van der Waals surface area contributed by atoms with Crippen LogP contribution in [0.4, 0.5) is 9.59 Å². The number of nitrogens with zero attached hydrogens (tertiary/aromatic N) is 2. The maximum Gasteiger partial charge on any atom is 0.412 e. The number of oxime groups is 1. The fourth-order valence-corrected chi connectivity index (χ4v) is 9.15. The van der Waals surface area contributed by atoms with E-state index in [1.807, 2.05) is 79.7 Å². The lowest BCUT2D eigenvalue weighted by Crippen LogP contribution is -2.70. The van der Waals surface area contributed by atoms with Crippen LogP contribution in [-0.2, 0) is 27.5 Å². The predicted molar refractivity (Wildman–Crippen MR) is 225 cm³/mol. The summed E-state index contributed by atoms with van der Waals surface area (Å²) in [5.41, 5.74) is 4.25. The predicted octanol–water partition coefficient (Wildman–Crippen LogP) is 8.29. The molecule has 1 saturated carbocycles. The smallest absolute Gasteiger partial charge is 0.412 e. The van der Waals surface area contributed by atoms with Gasteiger partial charge in [0.2, 0.25) is 5.79 Å². The van der Waals surface area contributed by atoms with Gasteiger partial charge < -0.3 is 39.3 Å². The van der Waals surface area contributed by atoms with E-state index in [9.17, 15) is 19.8 Å². The molecule has 0 radical (unpaired) electrons. The van der Waals surface area contributed by atoms with Gasteiger partial charge in [-0.05, 0) is 78.8 Å². The molecule has 3 aliphatic rings. The molecule has 12 nitrogen and oxygen atoms in total. The summed E-state index contributed by atoms with van der Waals surface area (Å²) in [4.78, 5) is 34.8. The van der Waals surface area contributed by atoms with Crippen molar-refractivity contribution >= 4 is 17.9 Å². The maximum atomic E-state index is 14.4. The number of carbonyl (C=O) groups excluding carboxylic acids is 2. The molecule has 3 N–H and O–H groups in total. The summed E-state index contributed by atoms with van der Waals surface area (Å²) in [5.74, 6) is -1.22. The SMILES string of the molecule is C=CCO[C@@]12Oc3ccc(OC(=O)NCc4ccccc4)cc3[C@H]3[C@H](CCCCO)[C@@H](CCCCO)C=C(C(=NOC)C[C@@H]1N(CCC)C(=O)OCc1ccccc1)[C@H]32. The summed E-state index contributed by atoms with van der Waals surface area (Å²) < 4.78 is 26.1. The third-order valence-corrected chi connectivity index (χ3v) is 11.6. The van der Waals surface area contributed by atoms with Crippen molar-refractivity contribution in [2.45, 2.75) is 89.2 Å². The molecule has 0 bridgehead atoms. The van der Waals surface area contributed by atoms with Gasteiger partial charge in [0.25, 0.3) is 0 Å². The first-order valence-electron chi connectivity index (χ1n) is 21.0. The Balaban J connectivity index is 1.48. The molecule has 0 aromatic heterocycles. The van der Waals surface area contributed by atoms with Crippen LogP contribution in [0.5, 0.6) is 11.5 Å². The highest BCUT2D eigenvalue weighted by Gasteiger charge is 2.65. The summed E-state index contributed by atoms with van der Waals surface area (Å²) >= 11 is 0. The average molecular weight is 810 g/mol. The quantitative estimate of drug-likeness (QED) is 0.0583. The second-order valence-electron chi connectivity index (χ2n) is 15.4. The molecule has 3 aromatic carbocycles. The van der Waals surface area contributed by atoms with Crippen LogP contribution < -0.4 is 14.8 Å². The standard InChI is InChI=1S/C47H59N3O9/c1-4-24-50(46(54)56-32-34-18-10-7-11-19-34)42-30-40(49-55-3)38-28-35(20-12-14-25-51)37(21-13-15-26-52)43-39-29-36(58-45(53)48-31-33-16-8-6-9-17-33)22-23-41(39)59-47(42,44(38)43)57-27-5-2/h5-11,16-19,22-23,28-29,35,37,42-44,51-52H,2,4,12-15,20-21,24-27,30-32H2,1,3H3,(H,48,53)/t35-,37+,42-,43+,44+,47+/m0/s1. The first kappa shape index (κ1) is 43.4. The zero-order valence-corrected chi connectivity index (χ0v) is 34.3. The van der Waals surface area contributed by atoms with Crippen molar-refractivity contribution < 1.29 is 43.6 Å². The lowest BCUT2D eigenvalue weighted by Gasteiger charge is -2.59. The highest BCUT2D eigenvalue weighted by molar-refractivity contribution is 6.03. The van der Waals surface area contributed by atoms with Crippen LogP contribution in [0.3, 0.4) is 0 Å². The van der Waals surface area contributed by atoms with Crippen LogP contribution in [0.2, 0.25) is 0 Å². The van der Waals surface area contributed by atoms with Crippen LogP contribution in [0, 0.1) is 17.8 Å². The van der Waals surface area contributed by atoms with Crippen molar-refractivity contribution in [1.29, 1.82) is 0 Å². The summed E-state index contributed by atoms with van der Waals surface area (Å²) in [5, 5.41) is 27.2. The number of benzene rings is 3. The minimum Gasteiger partial charge on any atom is -0.459 e. The number of hydrogen-bond acceptors (Lipinski definition) is 10. The Morgan fingerprint density at radius 3 is 2.37 bits per heavy atom. The summed E-state index contributed by atoms with van der Waals surface area (Å²) in [7, 11) is 1.52. The van der Waals surface area contributed by atoms with Gasteiger partial charge in [0.15, 0.2) is 0 Å². The first-order valence-corrected chi connectivity index (χ1v) is 21.0. The Bertz CT molecular complexity index is 1900. The number of allylic oxidation sites excluding steroid dienone is 1. The number of fused-ring (bicyclic) bond motifs is 2. The second kappa shape index (κ2) is 21.2. The molecule has 1 aliphatic heterocycles. The van der Waals surface area contributed by atoms with Gasteiger partial charge in [0.05, 0.1) is 18.2 Å². The van der Waals surface area contributed by atoms with E-state index in [2.05, 4.69) is 23.1 Å². The lowest BCUT2D eigenvalue weighted by atomic mass is 9.55. The van der Waals surface area contributed by atoms with E-state index in [0.717, 1.165) is 47.9 Å².